The van der Waals surface area contributed by atoms with Gasteiger partial charge < -0.3 is 14.7 Å². The number of aliphatic hydroxyl groups is 1. The van der Waals surface area contributed by atoms with Gasteiger partial charge in [-0.3, -0.25) is 4.90 Å². The topological polar surface area (TPSA) is 66.1 Å². The lowest BCUT2D eigenvalue weighted by Crippen LogP contribution is -2.48. The third-order valence-corrected chi connectivity index (χ3v) is 5.05. The summed E-state index contributed by atoms with van der Waals surface area (Å²) in [5.74, 6) is 1.37. The molecule has 7 nitrogen and oxygen atoms in total. The van der Waals surface area contributed by atoms with E-state index in [9.17, 15) is 5.11 Å². The van der Waals surface area contributed by atoms with Crippen molar-refractivity contribution in [3.63, 3.8) is 0 Å². The van der Waals surface area contributed by atoms with E-state index in [4.69, 9.17) is 4.74 Å². The van der Waals surface area contributed by atoms with Crippen LogP contribution in [0.15, 0.2) is 18.3 Å². The van der Waals surface area contributed by atoms with E-state index >= 15 is 0 Å². The monoisotopic (exact) mass is 331 g/mol. The Labute approximate surface area is 141 Å². The normalized spacial score (nSPS) is 25.9. The zero-order valence-electron chi connectivity index (χ0n) is 14.3. The zero-order chi connectivity index (χ0) is 16.7. The lowest BCUT2D eigenvalue weighted by atomic mass is 10.1. The maximum atomic E-state index is 10.6. The van der Waals surface area contributed by atoms with Crippen LogP contribution in [0.25, 0.3) is 5.65 Å². The van der Waals surface area contributed by atoms with Crippen molar-refractivity contribution in [1.82, 2.24) is 19.5 Å². The Bertz CT molecular complexity index is 710. The molecule has 2 atom stereocenters. The predicted octanol–water partition coefficient (Wildman–Crippen LogP) is 0.734. The Morgan fingerprint density at radius 2 is 2.04 bits per heavy atom. The van der Waals surface area contributed by atoms with Crippen molar-refractivity contribution in [3.05, 3.63) is 24.0 Å². The minimum atomic E-state index is -0.357. The standard InChI is InChI=1S/C17H25N5O2/c1-12(2)13-9-17(22-16(19-13)3-4-18-22)21-10-14(15(23)11-21)20-5-7-24-8-6-20/h3-4,9,12,14-15,23H,5-8,10-11H2,1-2H3/t14-,15-/m1/s1. The molecule has 7 heteroatoms. The van der Waals surface area contributed by atoms with Crippen molar-refractivity contribution in [2.75, 3.05) is 44.3 Å². The number of hydrogen-bond donors (Lipinski definition) is 1. The predicted molar refractivity (Wildman–Crippen MR) is 91.5 cm³/mol. The Morgan fingerprint density at radius 3 is 2.79 bits per heavy atom. The molecule has 0 spiro atoms. The fourth-order valence-corrected chi connectivity index (χ4v) is 3.66. The zero-order valence-corrected chi connectivity index (χ0v) is 14.3. The van der Waals surface area contributed by atoms with Crippen molar-refractivity contribution < 1.29 is 9.84 Å². The van der Waals surface area contributed by atoms with E-state index in [0.29, 0.717) is 12.5 Å². The second-order valence-corrected chi connectivity index (χ2v) is 6.98. The largest absolute Gasteiger partial charge is 0.390 e. The van der Waals surface area contributed by atoms with E-state index in [1.165, 1.54) is 0 Å². The summed E-state index contributed by atoms with van der Waals surface area (Å²) in [6.07, 6.45) is 1.42. The SMILES string of the molecule is CC(C)c1cc(N2C[C@@H](O)[C@H](N3CCOCC3)C2)n2nccc2n1. The van der Waals surface area contributed by atoms with Crippen molar-refractivity contribution >= 4 is 11.5 Å². The molecule has 4 heterocycles. The third kappa shape index (κ3) is 2.76. The molecule has 2 fully saturated rings. The number of hydrogen-bond acceptors (Lipinski definition) is 6. The van der Waals surface area contributed by atoms with Gasteiger partial charge in [0.2, 0.25) is 0 Å². The lowest BCUT2D eigenvalue weighted by molar-refractivity contribution is -0.00588. The van der Waals surface area contributed by atoms with Crippen LogP contribution in [0.3, 0.4) is 0 Å². The molecule has 2 saturated heterocycles. The summed E-state index contributed by atoms with van der Waals surface area (Å²) < 4.78 is 7.31. The fourth-order valence-electron chi connectivity index (χ4n) is 3.66. The van der Waals surface area contributed by atoms with E-state index < -0.39 is 0 Å². The molecule has 0 radical (unpaired) electrons. The van der Waals surface area contributed by atoms with Gasteiger partial charge in [-0.15, -0.1) is 0 Å². The summed E-state index contributed by atoms with van der Waals surface area (Å²) in [6.45, 7) is 9.00. The molecule has 0 amide bonds. The van der Waals surface area contributed by atoms with Gasteiger partial charge in [-0.25, -0.2) is 4.98 Å². The highest BCUT2D eigenvalue weighted by molar-refractivity contribution is 5.52. The molecule has 2 aliphatic heterocycles. The van der Waals surface area contributed by atoms with Crippen LogP contribution in [-0.4, -0.2) is 76.1 Å². The second kappa shape index (κ2) is 6.31. The van der Waals surface area contributed by atoms with Crippen LogP contribution < -0.4 is 4.90 Å². The summed E-state index contributed by atoms with van der Waals surface area (Å²) >= 11 is 0. The van der Waals surface area contributed by atoms with E-state index in [1.54, 1.807) is 6.20 Å². The number of rotatable bonds is 3. The van der Waals surface area contributed by atoms with Gasteiger partial charge in [0.25, 0.3) is 0 Å². The number of aromatic nitrogens is 3. The Balaban J connectivity index is 1.64. The van der Waals surface area contributed by atoms with Crippen LogP contribution in [0.1, 0.15) is 25.5 Å². The van der Waals surface area contributed by atoms with Crippen molar-refractivity contribution in [2.45, 2.75) is 31.9 Å². The average molecular weight is 331 g/mol. The number of β-amino-alcohol motifs (C(OH)–C–C–N with tert-alkyl or cyclic N) is 1. The van der Waals surface area contributed by atoms with Gasteiger partial charge in [0.05, 0.1) is 31.6 Å². The van der Waals surface area contributed by atoms with Crippen LogP contribution >= 0.6 is 0 Å². The van der Waals surface area contributed by atoms with Gasteiger partial charge >= 0.3 is 0 Å². The van der Waals surface area contributed by atoms with Crippen LogP contribution in [0.5, 0.6) is 0 Å². The number of anilines is 1. The second-order valence-electron chi connectivity index (χ2n) is 6.98. The van der Waals surface area contributed by atoms with Gasteiger partial charge in [-0.05, 0) is 5.92 Å². The van der Waals surface area contributed by atoms with E-state index in [1.807, 2.05) is 10.6 Å². The van der Waals surface area contributed by atoms with Crippen LogP contribution in [-0.2, 0) is 4.74 Å². The molecule has 0 saturated carbocycles. The first-order chi connectivity index (χ1) is 11.6. The summed E-state index contributed by atoms with van der Waals surface area (Å²) in [6, 6.07) is 4.19. The molecule has 24 heavy (non-hydrogen) atoms. The third-order valence-electron chi connectivity index (χ3n) is 5.05. The van der Waals surface area contributed by atoms with Gasteiger partial charge in [0, 0.05) is 44.0 Å². The molecule has 2 aromatic rings. The maximum Gasteiger partial charge on any atom is 0.157 e. The minimum absolute atomic E-state index is 0.148. The first-order valence-electron chi connectivity index (χ1n) is 8.73. The highest BCUT2D eigenvalue weighted by Crippen LogP contribution is 2.27. The Hall–Kier alpha value is -1.70. The highest BCUT2D eigenvalue weighted by atomic mass is 16.5. The van der Waals surface area contributed by atoms with E-state index in [-0.39, 0.29) is 12.1 Å². The Morgan fingerprint density at radius 1 is 1.25 bits per heavy atom. The smallest absolute Gasteiger partial charge is 0.157 e. The van der Waals surface area contributed by atoms with Gasteiger partial charge in [0.1, 0.15) is 5.82 Å². The first kappa shape index (κ1) is 15.8. The first-order valence-corrected chi connectivity index (χ1v) is 8.73. The molecule has 2 aromatic heterocycles. The van der Waals surface area contributed by atoms with Crippen LogP contribution in [0.2, 0.25) is 0 Å². The summed E-state index contributed by atoms with van der Waals surface area (Å²) in [7, 11) is 0. The molecular weight excluding hydrogens is 306 g/mol. The maximum absolute atomic E-state index is 10.6. The van der Waals surface area contributed by atoms with Gasteiger partial charge in [-0.1, -0.05) is 13.8 Å². The summed E-state index contributed by atoms with van der Waals surface area (Å²) in [5.41, 5.74) is 1.92. The average Bonchev–Trinajstić information content (AvgIpc) is 3.21. The Kier molecular flexibility index (Phi) is 4.15. The van der Waals surface area contributed by atoms with Crippen LogP contribution in [0.4, 0.5) is 5.82 Å². The van der Waals surface area contributed by atoms with Crippen molar-refractivity contribution in [2.24, 2.45) is 0 Å². The van der Waals surface area contributed by atoms with E-state index in [2.05, 4.69) is 39.8 Å². The number of ether oxygens (including phenoxy) is 1. The molecule has 0 aromatic carbocycles. The molecule has 0 aliphatic carbocycles. The quantitative estimate of drug-likeness (QED) is 0.895. The fraction of sp³-hybridized carbons (Fsp3) is 0.647. The van der Waals surface area contributed by atoms with Crippen molar-refractivity contribution in [1.29, 1.82) is 0 Å². The molecule has 1 N–H and O–H groups in total. The minimum Gasteiger partial charge on any atom is -0.390 e. The molecule has 2 aliphatic rings. The molecule has 4 rings (SSSR count). The molecule has 0 unspecified atom stereocenters. The lowest BCUT2D eigenvalue weighted by Gasteiger charge is -2.33. The summed E-state index contributed by atoms with van der Waals surface area (Å²) in [5, 5.41) is 15.0. The number of morpholine rings is 1. The van der Waals surface area contributed by atoms with Gasteiger partial charge in [-0.2, -0.15) is 9.61 Å². The highest BCUT2D eigenvalue weighted by Gasteiger charge is 2.37. The molecular formula is C17H25N5O2. The summed E-state index contributed by atoms with van der Waals surface area (Å²) in [4.78, 5) is 9.26. The number of aliphatic hydroxyl groups excluding tert-OH is 1. The molecule has 0 bridgehead atoms. The molecule has 130 valence electrons. The van der Waals surface area contributed by atoms with E-state index in [0.717, 1.165) is 50.0 Å². The van der Waals surface area contributed by atoms with Crippen molar-refractivity contribution in [3.8, 4) is 0 Å². The van der Waals surface area contributed by atoms with Gasteiger partial charge in [0.15, 0.2) is 5.65 Å². The number of fused-ring (bicyclic) bond motifs is 1. The van der Waals surface area contributed by atoms with Crippen LogP contribution in [0, 0.1) is 0 Å². The number of nitrogens with zero attached hydrogens (tertiary/aromatic N) is 5.